The average Bonchev–Trinajstić information content (AvgIpc) is 2.95. The van der Waals surface area contributed by atoms with E-state index in [0.29, 0.717) is 22.8 Å². The quantitative estimate of drug-likeness (QED) is 0.714. The molecule has 0 spiro atoms. The van der Waals surface area contributed by atoms with Crippen LogP contribution in [0.3, 0.4) is 0 Å². The summed E-state index contributed by atoms with van der Waals surface area (Å²) in [6.45, 7) is 0. The molecule has 1 aliphatic heterocycles. The van der Waals surface area contributed by atoms with Gasteiger partial charge in [0.2, 0.25) is 5.91 Å². The van der Waals surface area contributed by atoms with Crippen molar-refractivity contribution in [1.29, 1.82) is 0 Å². The summed E-state index contributed by atoms with van der Waals surface area (Å²) in [7, 11) is -6.89. The number of sulfonamides is 1. The fourth-order valence-corrected chi connectivity index (χ4v) is 6.07. The molecule has 1 atom stereocenters. The molecule has 10 heteroatoms. The van der Waals surface area contributed by atoms with Gasteiger partial charge in [-0.3, -0.25) is 9.52 Å². The summed E-state index contributed by atoms with van der Waals surface area (Å²) in [6.07, 6.45) is 0.550. The minimum atomic E-state index is -3.85. The maximum Gasteiger partial charge on any atom is 0.261 e. The van der Waals surface area contributed by atoms with Gasteiger partial charge in [-0.15, -0.1) is 0 Å². The molecule has 1 aliphatic rings. The molecule has 1 heterocycles. The van der Waals surface area contributed by atoms with Crippen LogP contribution in [0.5, 0.6) is 0 Å². The second kappa shape index (κ2) is 8.10. The minimum absolute atomic E-state index is 0.0105. The van der Waals surface area contributed by atoms with Gasteiger partial charge in [0, 0.05) is 22.8 Å². The standard InChI is InChI=1S/C18H19ClN2O5S2/c19-14-4-6-15(7-5-14)21-28(25,26)17-3-1-2-16(11-17)20-18(22)10-13-8-9-27(23,24)12-13/h1-7,11,13,21H,8-10,12H2,(H,20,22). The topological polar surface area (TPSA) is 109 Å². The van der Waals surface area contributed by atoms with Crippen LogP contribution >= 0.6 is 11.6 Å². The molecular weight excluding hydrogens is 424 g/mol. The van der Waals surface area contributed by atoms with Crippen LogP contribution in [0.4, 0.5) is 11.4 Å². The smallest absolute Gasteiger partial charge is 0.261 e. The zero-order valence-corrected chi connectivity index (χ0v) is 17.1. The molecule has 3 rings (SSSR count). The van der Waals surface area contributed by atoms with Crippen LogP contribution in [0.2, 0.25) is 5.02 Å². The number of amides is 1. The third kappa shape index (κ3) is 5.46. The van der Waals surface area contributed by atoms with Crippen LogP contribution in [0.15, 0.2) is 53.4 Å². The average molecular weight is 443 g/mol. The highest BCUT2D eigenvalue weighted by atomic mass is 35.5. The molecular formula is C18H19ClN2O5S2. The lowest BCUT2D eigenvalue weighted by Crippen LogP contribution is -2.18. The molecule has 0 bridgehead atoms. The molecule has 0 aromatic heterocycles. The Morgan fingerprint density at radius 1 is 1.11 bits per heavy atom. The number of anilines is 2. The van der Waals surface area contributed by atoms with Gasteiger partial charge in [-0.05, 0) is 54.8 Å². The molecule has 0 saturated carbocycles. The monoisotopic (exact) mass is 442 g/mol. The molecule has 1 amide bonds. The predicted molar refractivity (Wildman–Crippen MR) is 109 cm³/mol. The van der Waals surface area contributed by atoms with Gasteiger partial charge in [0.25, 0.3) is 10.0 Å². The van der Waals surface area contributed by atoms with Crippen molar-refractivity contribution in [3.05, 3.63) is 53.6 Å². The van der Waals surface area contributed by atoms with Crippen molar-refractivity contribution in [2.45, 2.75) is 17.7 Å². The van der Waals surface area contributed by atoms with Crippen molar-refractivity contribution in [1.82, 2.24) is 0 Å². The summed E-state index contributed by atoms with van der Waals surface area (Å²) >= 11 is 5.79. The van der Waals surface area contributed by atoms with E-state index in [-0.39, 0.29) is 34.6 Å². The highest BCUT2D eigenvalue weighted by molar-refractivity contribution is 7.92. The van der Waals surface area contributed by atoms with E-state index in [1.165, 1.54) is 18.2 Å². The van der Waals surface area contributed by atoms with Crippen molar-refractivity contribution >= 4 is 48.7 Å². The summed E-state index contributed by atoms with van der Waals surface area (Å²) in [5.74, 6) is -0.430. The van der Waals surface area contributed by atoms with Gasteiger partial charge in [-0.2, -0.15) is 0 Å². The van der Waals surface area contributed by atoms with E-state index in [0.717, 1.165) is 0 Å². The Balaban J connectivity index is 1.67. The Morgan fingerprint density at radius 2 is 1.82 bits per heavy atom. The summed E-state index contributed by atoms with van der Waals surface area (Å²) in [5.41, 5.74) is 0.686. The molecule has 1 saturated heterocycles. The number of rotatable bonds is 6. The van der Waals surface area contributed by atoms with Crippen molar-refractivity contribution in [2.75, 3.05) is 21.5 Å². The lowest BCUT2D eigenvalue weighted by molar-refractivity contribution is -0.116. The second-order valence-corrected chi connectivity index (χ2v) is 11.0. The Labute approximate surface area is 169 Å². The molecule has 0 aliphatic carbocycles. The summed E-state index contributed by atoms with van der Waals surface area (Å²) < 4.78 is 50.5. The van der Waals surface area contributed by atoms with Crippen molar-refractivity contribution in [3.63, 3.8) is 0 Å². The van der Waals surface area contributed by atoms with E-state index >= 15 is 0 Å². The van der Waals surface area contributed by atoms with Crippen LogP contribution < -0.4 is 10.0 Å². The van der Waals surface area contributed by atoms with Crippen LogP contribution in [0.1, 0.15) is 12.8 Å². The summed E-state index contributed by atoms with van der Waals surface area (Å²) in [5, 5.41) is 3.13. The number of nitrogens with one attached hydrogen (secondary N) is 2. The van der Waals surface area contributed by atoms with Gasteiger partial charge >= 0.3 is 0 Å². The number of halogens is 1. The zero-order valence-electron chi connectivity index (χ0n) is 14.8. The molecule has 2 N–H and O–H groups in total. The van der Waals surface area contributed by atoms with E-state index in [4.69, 9.17) is 11.6 Å². The van der Waals surface area contributed by atoms with Gasteiger partial charge in [-0.25, -0.2) is 16.8 Å². The molecule has 1 unspecified atom stereocenters. The first-order valence-corrected chi connectivity index (χ1v) is 12.2. The first kappa shape index (κ1) is 20.6. The van der Waals surface area contributed by atoms with Crippen LogP contribution in [-0.2, 0) is 24.7 Å². The predicted octanol–water partition coefficient (Wildman–Crippen LogP) is 2.90. The van der Waals surface area contributed by atoms with Crippen molar-refractivity contribution in [3.8, 4) is 0 Å². The molecule has 2 aromatic carbocycles. The van der Waals surface area contributed by atoms with Crippen LogP contribution in [0.25, 0.3) is 0 Å². The Morgan fingerprint density at radius 3 is 2.46 bits per heavy atom. The molecule has 28 heavy (non-hydrogen) atoms. The maximum atomic E-state index is 12.6. The lowest BCUT2D eigenvalue weighted by atomic mass is 10.1. The second-order valence-electron chi connectivity index (χ2n) is 6.66. The van der Waals surface area contributed by atoms with Gasteiger partial charge < -0.3 is 5.32 Å². The van der Waals surface area contributed by atoms with Gasteiger partial charge in [0.1, 0.15) is 0 Å². The number of carbonyl (C=O) groups excluding carboxylic acids is 1. The third-order valence-corrected chi connectivity index (χ3v) is 7.79. The van der Waals surface area contributed by atoms with Crippen LogP contribution in [-0.4, -0.2) is 34.2 Å². The summed E-state index contributed by atoms with van der Waals surface area (Å²) in [6, 6.07) is 12.1. The van der Waals surface area contributed by atoms with Gasteiger partial charge in [0.15, 0.2) is 9.84 Å². The van der Waals surface area contributed by atoms with Gasteiger partial charge in [0.05, 0.1) is 16.4 Å². The Hall–Kier alpha value is -2.10. The number of benzene rings is 2. The third-order valence-electron chi connectivity index (χ3n) is 4.33. The molecule has 150 valence electrons. The van der Waals surface area contributed by atoms with Crippen LogP contribution in [0, 0.1) is 5.92 Å². The Bertz CT molecular complexity index is 1080. The largest absolute Gasteiger partial charge is 0.326 e. The summed E-state index contributed by atoms with van der Waals surface area (Å²) in [4.78, 5) is 12.2. The molecule has 7 nitrogen and oxygen atoms in total. The first-order valence-electron chi connectivity index (χ1n) is 8.52. The maximum absolute atomic E-state index is 12.6. The van der Waals surface area contributed by atoms with E-state index in [1.54, 1.807) is 30.3 Å². The number of hydrogen-bond donors (Lipinski definition) is 2. The number of carbonyl (C=O) groups is 1. The van der Waals surface area contributed by atoms with Crippen molar-refractivity contribution < 1.29 is 21.6 Å². The normalized spacial score (nSPS) is 18.5. The van der Waals surface area contributed by atoms with E-state index in [2.05, 4.69) is 10.0 Å². The zero-order chi connectivity index (χ0) is 20.4. The molecule has 1 fully saturated rings. The molecule has 0 radical (unpaired) electrons. The first-order chi connectivity index (χ1) is 13.1. The minimum Gasteiger partial charge on any atom is -0.326 e. The SMILES string of the molecule is O=C(CC1CCS(=O)(=O)C1)Nc1cccc(S(=O)(=O)Nc2ccc(Cl)cc2)c1. The van der Waals surface area contributed by atoms with E-state index in [9.17, 15) is 21.6 Å². The van der Waals surface area contributed by atoms with Crippen molar-refractivity contribution in [2.24, 2.45) is 5.92 Å². The number of sulfone groups is 1. The van der Waals surface area contributed by atoms with E-state index in [1.807, 2.05) is 0 Å². The number of hydrogen-bond acceptors (Lipinski definition) is 5. The molecule has 2 aromatic rings. The highest BCUT2D eigenvalue weighted by Gasteiger charge is 2.29. The van der Waals surface area contributed by atoms with E-state index < -0.39 is 19.9 Å². The lowest BCUT2D eigenvalue weighted by Gasteiger charge is -2.11. The fraction of sp³-hybridized carbons (Fsp3) is 0.278. The highest BCUT2D eigenvalue weighted by Crippen LogP contribution is 2.24. The van der Waals surface area contributed by atoms with Gasteiger partial charge in [-0.1, -0.05) is 17.7 Å². The Kier molecular flexibility index (Phi) is 5.97. The fourth-order valence-electron chi connectivity index (χ4n) is 2.98.